The van der Waals surface area contributed by atoms with Crippen LogP contribution in [-0.4, -0.2) is 32.7 Å². The number of benzene rings is 2. The molecule has 1 amide bonds. The number of aliphatic imine (C=N–C) groups is 1. The number of hydrogen-bond donors (Lipinski definition) is 2. The van der Waals surface area contributed by atoms with E-state index in [0.717, 1.165) is 11.1 Å². The molecular formula is C24H26ClN3O4S3. The Bertz CT molecular complexity index is 1370. The third-order valence-corrected chi connectivity index (χ3v) is 9.15. The monoisotopic (exact) mass is 551 g/mol. The van der Waals surface area contributed by atoms with Crippen molar-refractivity contribution < 1.29 is 17.9 Å². The number of hydrogen-bond acceptors (Lipinski definition) is 8. The minimum absolute atomic E-state index is 0.137. The second-order valence-electron chi connectivity index (χ2n) is 8.57. The number of thiophene rings is 1. The summed E-state index contributed by atoms with van der Waals surface area (Å²) < 4.78 is 32.9. The molecule has 0 bridgehead atoms. The second kappa shape index (κ2) is 10.6. The molecule has 0 fully saturated rings. The lowest BCUT2D eigenvalue weighted by molar-refractivity contribution is 0.0565. The molecule has 1 aromatic heterocycles. The summed E-state index contributed by atoms with van der Waals surface area (Å²) in [6.45, 7) is 7.13. The van der Waals surface area contributed by atoms with Gasteiger partial charge in [-0.05, 0) is 75.4 Å². The van der Waals surface area contributed by atoms with E-state index < -0.39 is 21.5 Å². The molecule has 7 nitrogen and oxygen atoms in total. The molecule has 0 atom stereocenters. The van der Waals surface area contributed by atoms with Gasteiger partial charge in [0.1, 0.15) is 10.6 Å². The number of halogens is 1. The fourth-order valence-electron chi connectivity index (χ4n) is 3.28. The van der Waals surface area contributed by atoms with Gasteiger partial charge in [-0.3, -0.25) is 5.32 Å². The maximum atomic E-state index is 13.6. The van der Waals surface area contributed by atoms with Crippen LogP contribution in [0.25, 0.3) is 11.1 Å². The Labute approximate surface area is 218 Å². The van der Waals surface area contributed by atoms with Crippen molar-refractivity contribution in [3.8, 4) is 11.1 Å². The summed E-state index contributed by atoms with van der Waals surface area (Å²) in [7, 11) is -3.85. The number of carbonyl (C=O) groups is 1. The molecule has 11 heteroatoms. The Morgan fingerprint density at radius 3 is 2.57 bits per heavy atom. The summed E-state index contributed by atoms with van der Waals surface area (Å²) in [6, 6.07) is 11.6. The van der Waals surface area contributed by atoms with Gasteiger partial charge in [-0.15, -0.1) is 23.1 Å². The first kappa shape index (κ1) is 27.1. The summed E-state index contributed by atoms with van der Waals surface area (Å²) in [6.07, 6.45) is 2.34. The number of amides is 1. The summed E-state index contributed by atoms with van der Waals surface area (Å²) in [5.41, 5.74) is 8.02. The van der Waals surface area contributed by atoms with Gasteiger partial charge in [-0.25, -0.2) is 18.2 Å². The standard InChI is InChI=1S/C24H26ClN3O4S3/c1-14-9-16(26)11-18(25)21(14)15-7-6-8-17(10-15)35(30,31)19-12-20(34-22(19)33-5)27-13-28-23(29)32-24(2,3)4/h6-13H,26H2,1-5H3,(H,27,28,29). The second-order valence-corrected chi connectivity index (χ2v) is 13.0. The molecule has 0 spiro atoms. The minimum atomic E-state index is -3.85. The van der Waals surface area contributed by atoms with E-state index >= 15 is 0 Å². The van der Waals surface area contributed by atoms with Crippen molar-refractivity contribution >= 4 is 67.7 Å². The first-order valence-corrected chi connectivity index (χ1v) is 14.3. The molecule has 0 saturated heterocycles. The Morgan fingerprint density at radius 2 is 1.94 bits per heavy atom. The Kier molecular flexibility index (Phi) is 8.21. The third kappa shape index (κ3) is 6.58. The number of carbonyl (C=O) groups excluding carboxylic acids is 1. The van der Waals surface area contributed by atoms with Crippen LogP contribution in [0, 0.1) is 6.92 Å². The zero-order chi connectivity index (χ0) is 26.0. The first-order chi connectivity index (χ1) is 16.3. The number of nitrogen functional groups attached to an aromatic ring is 1. The largest absolute Gasteiger partial charge is 0.444 e. The molecule has 35 heavy (non-hydrogen) atoms. The van der Waals surface area contributed by atoms with Crippen LogP contribution in [0.5, 0.6) is 0 Å². The van der Waals surface area contributed by atoms with Crippen molar-refractivity contribution in [2.45, 2.75) is 47.3 Å². The summed E-state index contributed by atoms with van der Waals surface area (Å²) in [4.78, 5) is 16.3. The van der Waals surface area contributed by atoms with E-state index in [9.17, 15) is 13.2 Å². The molecule has 0 unspecified atom stereocenters. The number of aryl methyl sites for hydroxylation is 1. The molecule has 0 aliphatic rings. The lowest BCUT2D eigenvalue weighted by atomic mass is 10.00. The zero-order valence-electron chi connectivity index (χ0n) is 19.9. The Hall–Kier alpha value is -2.53. The van der Waals surface area contributed by atoms with Crippen LogP contribution in [-0.2, 0) is 14.6 Å². The van der Waals surface area contributed by atoms with Gasteiger partial charge in [0.15, 0.2) is 0 Å². The SMILES string of the molecule is CSc1sc(/N=C/NC(=O)OC(C)(C)C)cc1S(=O)(=O)c1cccc(-c2c(C)cc(N)cc2Cl)c1. The van der Waals surface area contributed by atoms with Crippen LogP contribution >= 0.6 is 34.7 Å². The number of nitrogens with two attached hydrogens (primary N) is 1. The highest BCUT2D eigenvalue weighted by Gasteiger charge is 2.25. The third-order valence-electron chi connectivity index (χ3n) is 4.64. The topological polar surface area (TPSA) is 111 Å². The molecular weight excluding hydrogens is 526 g/mol. The number of anilines is 1. The van der Waals surface area contributed by atoms with Crippen molar-refractivity contribution in [2.24, 2.45) is 4.99 Å². The van der Waals surface area contributed by atoms with E-state index in [-0.39, 0.29) is 9.79 Å². The van der Waals surface area contributed by atoms with Crippen molar-refractivity contribution in [1.82, 2.24) is 5.32 Å². The smallest absolute Gasteiger partial charge is 0.412 e. The van der Waals surface area contributed by atoms with E-state index in [4.69, 9.17) is 22.1 Å². The highest BCUT2D eigenvalue weighted by Crippen LogP contribution is 2.41. The molecule has 3 rings (SSSR count). The number of thioether (sulfide) groups is 1. The average Bonchev–Trinajstić information content (AvgIpc) is 3.16. The number of nitrogens with zero attached hydrogens (tertiary/aromatic N) is 1. The molecule has 0 aliphatic carbocycles. The molecule has 3 aromatic rings. The van der Waals surface area contributed by atoms with E-state index in [1.165, 1.54) is 35.5 Å². The van der Waals surface area contributed by atoms with Gasteiger partial charge in [0, 0.05) is 11.3 Å². The molecule has 0 saturated carbocycles. The van der Waals surface area contributed by atoms with Gasteiger partial charge in [0.25, 0.3) is 0 Å². The van der Waals surface area contributed by atoms with Gasteiger partial charge in [0.05, 0.1) is 25.4 Å². The highest BCUT2D eigenvalue weighted by molar-refractivity contribution is 8.01. The highest BCUT2D eigenvalue weighted by atomic mass is 35.5. The Balaban J connectivity index is 1.93. The summed E-state index contributed by atoms with van der Waals surface area (Å²) in [5.74, 6) is 0. The number of nitrogens with one attached hydrogen (secondary N) is 1. The van der Waals surface area contributed by atoms with Crippen LogP contribution in [0.3, 0.4) is 0 Å². The maximum absolute atomic E-state index is 13.6. The summed E-state index contributed by atoms with van der Waals surface area (Å²) in [5, 5.41) is 3.30. The van der Waals surface area contributed by atoms with Gasteiger partial charge < -0.3 is 10.5 Å². The van der Waals surface area contributed by atoms with Crippen LogP contribution in [0.4, 0.5) is 15.5 Å². The van der Waals surface area contributed by atoms with E-state index in [0.29, 0.717) is 25.5 Å². The predicted molar refractivity (Wildman–Crippen MR) is 145 cm³/mol. The van der Waals surface area contributed by atoms with Crippen molar-refractivity contribution in [3.05, 3.63) is 53.1 Å². The van der Waals surface area contributed by atoms with Gasteiger partial charge in [0.2, 0.25) is 9.84 Å². The van der Waals surface area contributed by atoms with Crippen molar-refractivity contribution in [3.63, 3.8) is 0 Å². The average molecular weight is 552 g/mol. The van der Waals surface area contributed by atoms with Crippen LogP contribution in [0.15, 0.2) is 61.5 Å². The van der Waals surface area contributed by atoms with Crippen LogP contribution in [0.2, 0.25) is 5.02 Å². The normalized spacial score (nSPS) is 12.2. The summed E-state index contributed by atoms with van der Waals surface area (Å²) >= 11 is 8.95. The predicted octanol–water partition coefficient (Wildman–Crippen LogP) is 6.70. The molecule has 0 radical (unpaired) electrons. The van der Waals surface area contributed by atoms with E-state index in [2.05, 4.69) is 10.3 Å². The van der Waals surface area contributed by atoms with E-state index in [1.54, 1.807) is 57.4 Å². The Morgan fingerprint density at radius 1 is 1.23 bits per heavy atom. The lowest BCUT2D eigenvalue weighted by Crippen LogP contribution is -2.31. The van der Waals surface area contributed by atoms with Crippen molar-refractivity contribution in [2.75, 3.05) is 12.0 Å². The molecule has 1 heterocycles. The van der Waals surface area contributed by atoms with Crippen LogP contribution in [0.1, 0.15) is 26.3 Å². The van der Waals surface area contributed by atoms with Gasteiger partial charge in [-0.1, -0.05) is 23.7 Å². The number of rotatable bonds is 6. The van der Waals surface area contributed by atoms with Crippen LogP contribution < -0.4 is 11.1 Å². The molecule has 0 aliphatic heterocycles. The molecule has 2 aromatic carbocycles. The van der Waals surface area contributed by atoms with Crippen molar-refractivity contribution in [1.29, 1.82) is 0 Å². The van der Waals surface area contributed by atoms with Gasteiger partial charge in [-0.2, -0.15) is 0 Å². The lowest BCUT2D eigenvalue weighted by Gasteiger charge is -2.18. The molecule has 186 valence electrons. The van der Waals surface area contributed by atoms with E-state index in [1.807, 2.05) is 13.0 Å². The minimum Gasteiger partial charge on any atom is -0.444 e. The first-order valence-electron chi connectivity index (χ1n) is 10.4. The zero-order valence-corrected chi connectivity index (χ0v) is 23.1. The number of ether oxygens (including phenoxy) is 1. The van der Waals surface area contributed by atoms with Gasteiger partial charge >= 0.3 is 6.09 Å². The number of alkyl carbamates (subject to hydrolysis) is 1. The maximum Gasteiger partial charge on any atom is 0.412 e. The fraction of sp³-hybridized carbons (Fsp3) is 0.250. The quantitative estimate of drug-likeness (QED) is 0.153. The number of sulfone groups is 1. The molecule has 3 N–H and O–H groups in total. The fourth-order valence-corrected chi connectivity index (χ4v) is 7.53.